The first-order valence-electron chi connectivity index (χ1n) is 11.4. The van der Waals surface area contributed by atoms with Gasteiger partial charge in [0, 0.05) is 35.6 Å². The summed E-state index contributed by atoms with van der Waals surface area (Å²) in [6.45, 7) is 0. The summed E-state index contributed by atoms with van der Waals surface area (Å²) in [7, 11) is 0. The second-order valence-electron chi connectivity index (χ2n) is 8.85. The van der Waals surface area contributed by atoms with Crippen LogP contribution >= 0.6 is 0 Å². The molecule has 37 heavy (non-hydrogen) atoms. The molecule has 1 aromatic carbocycles. The third-order valence-corrected chi connectivity index (χ3v) is 6.51. The molecule has 1 fully saturated rings. The molecule has 4 aromatic rings. The van der Waals surface area contributed by atoms with E-state index in [1.54, 1.807) is 24.5 Å². The normalized spacial score (nSPS) is 17.7. The molecule has 12 heteroatoms. The van der Waals surface area contributed by atoms with Crippen LogP contribution in [0.1, 0.15) is 46.9 Å². The van der Waals surface area contributed by atoms with Crippen molar-refractivity contribution in [3.05, 3.63) is 71.9 Å². The maximum Gasteiger partial charge on any atom is 0.416 e. The predicted octanol–water partition coefficient (Wildman–Crippen LogP) is 4.61. The monoisotopic (exact) mass is 510 g/mol. The topological polar surface area (TPSA) is 136 Å². The number of halogens is 3. The van der Waals surface area contributed by atoms with E-state index >= 15 is 0 Å². The van der Waals surface area contributed by atoms with Gasteiger partial charge >= 0.3 is 12.1 Å². The fourth-order valence-electron chi connectivity index (χ4n) is 4.66. The van der Waals surface area contributed by atoms with E-state index in [2.05, 4.69) is 15.3 Å². The van der Waals surface area contributed by atoms with Crippen molar-refractivity contribution in [2.24, 2.45) is 5.92 Å². The number of nitrogens with one attached hydrogen (secondary N) is 1. The number of nitrogens with zero attached hydrogens (tertiary/aromatic N) is 4. The van der Waals surface area contributed by atoms with Gasteiger partial charge in [-0.2, -0.15) is 13.2 Å². The largest absolute Gasteiger partial charge is 0.481 e. The van der Waals surface area contributed by atoms with Crippen molar-refractivity contribution in [2.75, 3.05) is 11.1 Å². The molecule has 4 N–H and O–H groups in total. The summed E-state index contributed by atoms with van der Waals surface area (Å²) in [5, 5.41) is 11.8. The number of nitrogens with two attached hydrogens (primary N) is 1. The Labute approximate surface area is 208 Å². The average molecular weight is 510 g/mol. The van der Waals surface area contributed by atoms with Gasteiger partial charge in [-0.25, -0.2) is 15.0 Å². The fourth-order valence-corrected chi connectivity index (χ4v) is 4.66. The molecule has 0 bridgehead atoms. The highest BCUT2D eigenvalue weighted by Gasteiger charge is 2.34. The number of carbonyl (C=O) groups is 2. The van der Waals surface area contributed by atoms with Crippen molar-refractivity contribution in [2.45, 2.75) is 31.4 Å². The Balaban J connectivity index is 1.43. The van der Waals surface area contributed by atoms with Gasteiger partial charge in [0.25, 0.3) is 5.91 Å². The van der Waals surface area contributed by atoms with E-state index in [-0.39, 0.29) is 23.1 Å². The number of fused-ring (bicyclic) bond motifs is 1. The molecule has 1 aliphatic carbocycles. The first kappa shape index (κ1) is 24.2. The summed E-state index contributed by atoms with van der Waals surface area (Å²) < 4.78 is 40.6. The number of carbonyl (C=O) groups excluding carboxylic acids is 1. The molecule has 5 rings (SSSR count). The van der Waals surface area contributed by atoms with E-state index < -0.39 is 29.5 Å². The summed E-state index contributed by atoms with van der Waals surface area (Å²) in [4.78, 5) is 36.8. The maximum absolute atomic E-state index is 12.9. The average Bonchev–Trinajstić information content (AvgIpc) is 3.50. The first-order chi connectivity index (χ1) is 17.6. The third kappa shape index (κ3) is 4.69. The van der Waals surface area contributed by atoms with Crippen LogP contribution in [0.4, 0.5) is 24.8 Å². The lowest BCUT2D eigenvalue weighted by atomic mass is 10.0. The van der Waals surface area contributed by atoms with Crippen molar-refractivity contribution in [3.8, 4) is 11.3 Å². The fraction of sp³-hybridized carbons (Fsp3) is 0.240. The Morgan fingerprint density at radius 3 is 2.51 bits per heavy atom. The Kier molecular flexibility index (Phi) is 6.02. The van der Waals surface area contributed by atoms with Gasteiger partial charge in [0.2, 0.25) is 0 Å². The number of amides is 1. The number of nitrogen functional groups attached to an aromatic ring is 1. The van der Waals surface area contributed by atoms with E-state index in [4.69, 9.17) is 10.7 Å². The van der Waals surface area contributed by atoms with E-state index in [9.17, 15) is 27.9 Å². The summed E-state index contributed by atoms with van der Waals surface area (Å²) in [6, 6.07) is 7.93. The summed E-state index contributed by atoms with van der Waals surface area (Å²) in [5.41, 5.74) is 7.21. The highest BCUT2D eigenvalue weighted by atomic mass is 19.4. The van der Waals surface area contributed by atoms with Gasteiger partial charge in [0.1, 0.15) is 28.7 Å². The van der Waals surface area contributed by atoms with Crippen LogP contribution < -0.4 is 11.1 Å². The molecule has 0 aliphatic heterocycles. The van der Waals surface area contributed by atoms with E-state index in [1.807, 2.05) is 4.40 Å². The number of anilines is 2. The molecule has 1 saturated carbocycles. The van der Waals surface area contributed by atoms with E-state index in [0.717, 1.165) is 18.3 Å². The number of hydrogen-bond acceptors (Lipinski definition) is 6. The summed E-state index contributed by atoms with van der Waals surface area (Å²) in [5.74, 6) is -1.21. The summed E-state index contributed by atoms with van der Waals surface area (Å²) in [6.07, 6.45) is 1.42. The van der Waals surface area contributed by atoms with Gasteiger partial charge in [-0.15, -0.1) is 0 Å². The second-order valence-corrected chi connectivity index (χ2v) is 8.85. The summed E-state index contributed by atoms with van der Waals surface area (Å²) >= 11 is 0. The first-order valence-corrected chi connectivity index (χ1v) is 11.4. The molecule has 3 aromatic heterocycles. The van der Waals surface area contributed by atoms with Gasteiger partial charge in [-0.1, -0.05) is 12.1 Å². The number of rotatable bonds is 5. The molecule has 3 heterocycles. The minimum Gasteiger partial charge on any atom is -0.481 e. The third-order valence-electron chi connectivity index (χ3n) is 6.51. The van der Waals surface area contributed by atoms with Crippen molar-refractivity contribution < 1.29 is 27.9 Å². The number of alkyl halides is 3. The number of carboxylic acids is 1. The smallest absolute Gasteiger partial charge is 0.416 e. The van der Waals surface area contributed by atoms with Crippen LogP contribution in [-0.4, -0.2) is 36.3 Å². The van der Waals surface area contributed by atoms with Crippen LogP contribution in [0.5, 0.6) is 0 Å². The number of aromatic nitrogens is 4. The highest BCUT2D eigenvalue weighted by molar-refractivity contribution is 6.04. The van der Waals surface area contributed by atoms with Gasteiger partial charge in [-0.3, -0.25) is 14.0 Å². The zero-order valence-corrected chi connectivity index (χ0v) is 19.2. The number of aliphatic carboxylic acids is 1. The van der Waals surface area contributed by atoms with Crippen molar-refractivity contribution in [1.29, 1.82) is 0 Å². The lowest BCUT2D eigenvalue weighted by molar-refractivity contribution is -0.141. The molecule has 9 nitrogen and oxygen atoms in total. The Morgan fingerprint density at radius 2 is 1.84 bits per heavy atom. The van der Waals surface area contributed by atoms with E-state index in [0.29, 0.717) is 41.9 Å². The van der Waals surface area contributed by atoms with Crippen LogP contribution in [0.15, 0.2) is 55.0 Å². The zero-order valence-electron chi connectivity index (χ0n) is 19.2. The lowest BCUT2D eigenvalue weighted by Gasteiger charge is -2.09. The van der Waals surface area contributed by atoms with Gasteiger partial charge in [0.05, 0.1) is 11.5 Å². The number of carboxylic acid groups (broad SMARTS) is 1. The molecular weight excluding hydrogens is 489 g/mol. The van der Waals surface area contributed by atoms with E-state index in [1.165, 1.54) is 12.1 Å². The van der Waals surface area contributed by atoms with Crippen LogP contribution in [0, 0.1) is 5.92 Å². The highest BCUT2D eigenvalue weighted by Crippen LogP contribution is 2.40. The van der Waals surface area contributed by atoms with Gasteiger partial charge in [0.15, 0.2) is 0 Å². The van der Waals surface area contributed by atoms with Crippen LogP contribution in [0.2, 0.25) is 0 Å². The maximum atomic E-state index is 12.9. The quantitative estimate of drug-likeness (QED) is 0.357. The van der Waals surface area contributed by atoms with Crippen LogP contribution in [-0.2, 0) is 11.0 Å². The second kappa shape index (κ2) is 9.19. The molecule has 2 unspecified atom stereocenters. The molecule has 0 saturated heterocycles. The minimum atomic E-state index is -4.56. The molecule has 190 valence electrons. The van der Waals surface area contributed by atoms with Crippen LogP contribution in [0.25, 0.3) is 16.8 Å². The molecular formula is C25H21F3N6O3. The molecule has 2 atom stereocenters. The van der Waals surface area contributed by atoms with Gasteiger partial charge < -0.3 is 16.2 Å². The zero-order chi connectivity index (χ0) is 26.3. The van der Waals surface area contributed by atoms with Crippen molar-refractivity contribution in [3.63, 3.8) is 0 Å². The molecule has 0 spiro atoms. The Morgan fingerprint density at radius 1 is 1.08 bits per heavy atom. The predicted molar refractivity (Wildman–Crippen MR) is 128 cm³/mol. The molecule has 0 radical (unpaired) electrons. The SMILES string of the molecule is Nc1nccn2c(C3CCC(C(=O)O)C3)nc(-c3ccc(C(=O)Nc4cc(C(F)(F)F)ccn4)cc3)c12. The number of pyridine rings is 1. The standard InChI is InChI=1S/C25H21F3N6O3/c26-25(27,28)17-7-8-30-18(12-17)32-23(35)14-3-1-13(2-4-14)19-20-21(29)31-9-10-34(20)22(33-19)15-5-6-16(11-15)24(36)37/h1-4,7-10,12,15-16H,5-6,11H2,(H2,29,31)(H,36,37)(H,30,32,35). The number of hydrogen-bond donors (Lipinski definition) is 3. The number of benzene rings is 1. The minimum absolute atomic E-state index is 0.0610. The Bertz CT molecular complexity index is 1500. The lowest BCUT2D eigenvalue weighted by Crippen LogP contribution is -2.14. The number of imidazole rings is 1. The van der Waals surface area contributed by atoms with Gasteiger partial charge in [-0.05, 0) is 43.5 Å². The molecule has 1 amide bonds. The van der Waals surface area contributed by atoms with Crippen molar-refractivity contribution >= 4 is 29.0 Å². The van der Waals surface area contributed by atoms with Crippen molar-refractivity contribution in [1.82, 2.24) is 19.4 Å². The molecule has 1 aliphatic rings. The van der Waals surface area contributed by atoms with Crippen LogP contribution in [0.3, 0.4) is 0 Å². The Hall–Kier alpha value is -4.48.